The summed E-state index contributed by atoms with van der Waals surface area (Å²) in [6.45, 7) is 24.7. The first-order valence-corrected chi connectivity index (χ1v) is 28.1. The molecule has 68 heavy (non-hydrogen) atoms. The van der Waals surface area contributed by atoms with E-state index in [1.54, 1.807) is 10.8 Å². The molecule has 4 heterocycles. The molecule has 1 saturated carbocycles. The zero-order chi connectivity index (χ0) is 47.1. The molecule has 1 aliphatic rings. The van der Waals surface area contributed by atoms with E-state index in [0.29, 0.717) is 0 Å². The summed E-state index contributed by atoms with van der Waals surface area (Å²) >= 11 is 1.83. The summed E-state index contributed by atoms with van der Waals surface area (Å²) in [5.74, 6) is 0.838. The van der Waals surface area contributed by atoms with E-state index in [1.807, 2.05) is 22.0 Å². The van der Waals surface area contributed by atoms with Gasteiger partial charge in [-0.25, -0.2) is 0 Å². The van der Waals surface area contributed by atoms with Crippen molar-refractivity contribution in [3.8, 4) is 55.9 Å². The number of rotatable bonds is 8. The summed E-state index contributed by atoms with van der Waals surface area (Å²) in [6.07, 6.45) is 11.2. The Morgan fingerprint density at radius 3 is 1.76 bits per heavy atom. The predicted octanol–water partition coefficient (Wildman–Crippen LogP) is 15.2. The molecule has 0 N–H and O–H groups in total. The molecule has 0 unspecified atom stereocenters. The Balaban J connectivity index is 0.000000183. The first-order chi connectivity index (χ1) is 32.1. The Bertz CT molecular complexity index is 3270. The summed E-state index contributed by atoms with van der Waals surface area (Å²) in [7, 11) is 7.29. The van der Waals surface area contributed by atoms with Gasteiger partial charge >= 0.3 is 0 Å². The number of thiophene rings is 1. The maximum atomic E-state index is 4.53. The maximum absolute atomic E-state index is 4.53. The molecule has 347 valence electrons. The Kier molecular flexibility index (Phi) is 14.3. The third-order valence-corrected chi connectivity index (χ3v) is 16.9. The Labute approximate surface area is 424 Å². The molecular weight excluding hydrogens is 1040 g/mol. The molecule has 6 heteroatoms. The van der Waals surface area contributed by atoms with Gasteiger partial charge in [0, 0.05) is 50.3 Å². The maximum Gasteiger partial charge on any atom is 0.0767 e. The van der Waals surface area contributed by atoms with Crippen LogP contribution in [-0.4, -0.2) is 13.1 Å². The zero-order valence-electron chi connectivity index (χ0n) is 40.8. The van der Waals surface area contributed by atoms with Crippen molar-refractivity contribution >= 4 is 44.8 Å². The number of benzene rings is 5. The fourth-order valence-corrected chi connectivity index (χ4v) is 13.2. The first-order valence-electron chi connectivity index (χ1n) is 23.7. The van der Waals surface area contributed by atoms with Crippen LogP contribution in [0.2, 0.25) is 19.6 Å². The number of aromatic nitrogens is 3. The minimum Gasteiger partial charge on any atom is -0.343 e. The molecule has 4 aromatic heterocycles. The van der Waals surface area contributed by atoms with Gasteiger partial charge in [0.05, 0.1) is 31.9 Å². The van der Waals surface area contributed by atoms with Gasteiger partial charge in [-0.1, -0.05) is 153 Å². The van der Waals surface area contributed by atoms with Crippen molar-refractivity contribution in [3.63, 3.8) is 0 Å². The van der Waals surface area contributed by atoms with Crippen molar-refractivity contribution in [2.24, 2.45) is 5.92 Å². The summed E-state index contributed by atoms with van der Waals surface area (Å²) < 4.78 is 6.61. The topological polar surface area (TPSA) is 20.6 Å². The molecule has 0 spiro atoms. The van der Waals surface area contributed by atoms with Gasteiger partial charge in [-0.2, -0.15) is 31.0 Å². The van der Waals surface area contributed by atoms with Crippen LogP contribution in [0.5, 0.6) is 0 Å². The van der Waals surface area contributed by atoms with Crippen molar-refractivity contribution < 1.29 is 29.2 Å². The smallest absolute Gasteiger partial charge is 0.0767 e. The van der Waals surface area contributed by atoms with Gasteiger partial charge in [0.2, 0.25) is 0 Å². The number of hydrogen-bond donors (Lipinski definition) is 0. The van der Waals surface area contributed by atoms with Gasteiger partial charge in [0.1, 0.15) is 0 Å². The Morgan fingerprint density at radius 1 is 0.559 bits per heavy atom. The van der Waals surface area contributed by atoms with Crippen molar-refractivity contribution in [1.82, 2.24) is 4.98 Å². The summed E-state index contributed by atoms with van der Waals surface area (Å²) in [5.41, 5.74) is 20.1. The molecule has 0 atom stereocenters. The number of aryl methyl sites for hydroxylation is 4. The number of pyridine rings is 3. The zero-order valence-corrected chi connectivity index (χ0v) is 45.0. The monoisotopic (exact) mass is 1100 g/mol. The van der Waals surface area contributed by atoms with E-state index >= 15 is 0 Å². The Morgan fingerprint density at radius 2 is 1.12 bits per heavy atom. The molecule has 10 rings (SSSR count). The summed E-state index contributed by atoms with van der Waals surface area (Å²) in [6, 6.07) is 45.9. The van der Waals surface area contributed by atoms with Crippen LogP contribution in [0.25, 0.3) is 76.1 Å². The summed E-state index contributed by atoms with van der Waals surface area (Å²) in [5, 5.41) is 4.09. The normalized spacial score (nSPS) is 12.8. The first kappa shape index (κ1) is 48.6. The standard InChI is InChI=1S/C33H27N2S.C29H36NSi.Ir/c1-20-13-31(35(5)19-30(20)24-9-7-6-8-10-24)28-18-29-27-12-11-25(26-15-22(3)34-23(4)16-26)17-33(27)36-32(29)14-21(28)2;1-21-17-27(22(2)16-26(21)24-14-8-7-9-15-24)28-19-25(18-23-12-10-11-13-23)29(20-30(28)3)31(4,5)6;/h6-19H,2,5H2,1,3-4H3;7-9,14-17,19-20,23H,2-3,10-13,18H2,1,4-6H3;/q2*-1;. The van der Waals surface area contributed by atoms with Gasteiger partial charge in [-0.05, 0) is 107 Å². The third-order valence-electron chi connectivity index (χ3n) is 13.7. The predicted molar refractivity (Wildman–Crippen MR) is 289 cm³/mol. The van der Waals surface area contributed by atoms with Gasteiger partial charge in [-0.3, -0.25) is 4.98 Å². The molecule has 0 bridgehead atoms. The van der Waals surface area contributed by atoms with Crippen molar-refractivity contribution in [3.05, 3.63) is 207 Å². The second-order valence-corrected chi connectivity index (χ2v) is 26.0. The van der Waals surface area contributed by atoms with E-state index in [4.69, 9.17) is 0 Å². The van der Waals surface area contributed by atoms with E-state index in [-0.39, 0.29) is 20.1 Å². The molecule has 0 amide bonds. The quantitative estimate of drug-likeness (QED) is 0.0844. The fourth-order valence-electron chi connectivity index (χ4n) is 10.3. The van der Waals surface area contributed by atoms with Crippen LogP contribution in [0.3, 0.4) is 0 Å². The minimum absolute atomic E-state index is 0. The van der Waals surface area contributed by atoms with E-state index in [1.165, 1.54) is 108 Å². The van der Waals surface area contributed by atoms with Crippen LogP contribution in [-0.2, 0) is 26.5 Å². The van der Waals surface area contributed by atoms with Gasteiger partial charge in [0.15, 0.2) is 0 Å². The van der Waals surface area contributed by atoms with Crippen LogP contribution >= 0.6 is 11.3 Å². The van der Waals surface area contributed by atoms with Crippen molar-refractivity contribution in [2.75, 3.05) is 0 Å². The average Bonchev–Trinajstić information content (AvgIpc) is 3.95. The van der Waals surface area contributed by atoms with E-state index in [2.05, 4.69) is 219 Å². The van der Waals surface area contributed by atoms with Crippen LogP contribution in [0, 0.1) is 61.6 Å². The molecule has 3 nitrogen and oxygen atoms in total. The second kappa shape index (κ2) is 20.0. The van der Waals surface area contributed by atoms with Crippen molar-refractivity contribution in [1.29, 1.82) is 0 Å². The molecule has 1 radical (unpaired) electrons. The van der Waals surface area contributed by atoms with Gasteiger partial charge < -0.3 is 9.13 Å². The van der Waals surface area contributed by atoms with Crippen LogP contribution < -0.4 is 14.3 Å². The average molecular weight is 1100 g/mol. The van der Waals surface area contributed by atoms with Gasteiger partial charge in [-0.15, -0.1) is 40.7 Å². The van der Waals surface area contributed by atoms with E-state index in [9.17, 15) is 0 Å². The molecule has 9 aromatic rings. The second-order valence-electron chi connectivity index (χ2n) is 19.9. The third kappa shape index (κ3) is 10.1. The number of nitrogens with zero attached hydrogens (tertiary/aromatic N) is 3. The Hall–Kier alpha value is -5.88. The molecular formula is C62H63IrN3SSi-2. The fraction of sp³-hybridized carbons (Fsp3) is 0.210. The molecule has 1 aliphatic carbocycles. The molecule has 0 aliphatic heterocycles. The van der Waals surface area contributed by atoms with Gasteiger partial charge in [0.25, 0.3) is 0 Å². The molecule has 0 saturated heterocycles. The largest absolute Gasteiger partial charge is 0.343 e. The molecule has 1 fully saturated rings. The SMILES string of the molecule is [CH2-]c1cc(-c2ccccc2)c(C)cc1-c1cc(CC2CCCC2)c([Si](C)(C)C)c[n+]1[CH2-].[CH2-]c1cc2sc3cc(-c4cc(C)nc(C)c4)ccc3c2cc1-c1cc(C)c(-c2ccccc2)c[n+]1[CH2-].[Ir]. The van der Waals surface area contributed by atoms with Crippen LogP contribution in [0.15, 0.2) is 140 Å². The van der Waals surface area contributed by atoms with Crippen LogP contribution in [0.4, 0.5) is 0 Å². The van der Waals surface area contributed by atoms with Crippen molar-refractivity contribution in [2.45, 2.75) is 79.4 Å². The van der Waals surface area contributed by atoms with Crippen LogP contribution in [0.1, 0.15) is 64.9 Å². The number of hydrogen-bond acceptors (Lipinski definition) is 2. The summed E-state index contributed by atoms with van der Waals surface area (Å²) in [4.78, 5) is 4.53. The number of fused-ring (bicyclic) bond motifs is 3. The van der Waals surface area contributed by atoms with E-state index < -0.39 is 8.07 Å². The minimum atomic E-state index is -1.46. The molecule has 5 aromatic carbocycles. The van der Waals surface area contributed by atoms with E-state index in [0.717, 1.165) is 39.7 Å².